The maximum atomic E-state index is 12.2. The Labute approximate surface area is 122 Å². The summed E-state index contributed by atoms with van der Waals surface area (Å²) in [4.78, 5) is 25.6. The Morgan fingerprint density at radius 1 is 1.45 bits per heavy atom. The van der Waals surface area contributed by atoms with Gasteiger partial charge < -0.3 is 15.3 Å². The number of thioether (sulfide) groups is 1. The van der Waals surface area contributed by atoms with E-state index in [4.69, 9.17) is 5.11 Å². The molecular weight excluding hydrogens is 276 g/mol. The first-order valence-electron chi connectivity index (χ1n) is 6.53. The fraction of sp³-hybridized carbons (Fsp3) is 0.429. The lowest BCUT2D eigenvalue weighted by molar-refractivity contribution is -0.137. The minimum Gasteiger partial charge on any atom is -0.481 e. The molecule has 1 aromatic rings. The van der Waals surface area contributed by atoms with Gasteiger partial charge in [-0.2, -0.15) is 0 Å². The molecule has 1 saturated carbocycles. The van der Waals surface area contributed by atoms with E-state index in [1.165, 1.54) is 0 Å². The Hall–Kier alpha value is -1.69. The molecule has 0 aliphatic heterocycles. The van der Waals surface area contributed by atoms with Crippen LogP contribution < -0.4 is 5.32 Å². The minimum absolute atomic E-state index is 0.0191. The first-order chi connectivity index (χ1) is 9.60. The number of nitrogens with one attached hydrogen (secondary N) is 1. The lowest BCUT2D eigenvalue weighted by Gasteiger charge is -2.22. The zero-order chi connectivity index (χ0) is 14.5. The van der Waals surface area contributed by atoms with E-state index in [-0.39, 0.29) is 25.0 Å². The number of carbonyl (C=O) groups excluding carboxylic acids is 1. The van der Waals surface area contributed by atoms with Crippen molar-refractivity contribution in [1.82, 2.24) is 4.90 Å². The zero-order valence-electron chi connectivity index (χ0n) is 11.3. The Bertz CT molecular complexity index is 503. The summed E-state index contributed by atoms with van der Waals surface area (Å²) in [5, 5.41) is 11.6. The molecule has 6 heteroatoms. The molecule has 0 saturated heterocycles. The van der Waals surface area contributed by atoms with Gasteiger partial charge >= 0.3 is 12.0 Å². The predicted octanol–water partition coefficient (Wildman–Crippen LogP) is 2.88. The molecule has 0 bridgehead atoms. The van der Waals surface area contributed by atoms with Crippen molar-refractivity contribution in [2.24, 2.45) is 0 Å². The molecule has 2 amide bonds. The number of urea groups is 1. The van der Waals surface area contributed by atoms with Crippen LogP contribution in [0.25, 0.3) is 0 Å². The van der Waals surface area contributed by atoms with Crippen molar-refractivity contribution in [1.29, 1.82) is 0 Å². The average molecular weight is 294 g/mol. The summed E-state index contributed by atoms with van der Waals surface area (Å²) < 4.78 is 0. The van der Waals surface area contributed by atoms with Crippen LogP contribution in [0.15, 0.2) is 29.2 Å². The molecule has 0 spiro atoms. The number of amides is 2. The highest BCUT2D eigenvalue weighted by molar-refractivity contribution is 7.98. The second-order valence-electron chi connectivity index (χ2n) is 4.73. The van der Waals surface area contributed by atoms with Crippen molar-refractivity contribution >= 4 is 29.4 Å². The minimum atomic E-state index is -0.882. The number of carbonyl (C=O) groups is 2. The quantitative estimate of drug-likeness (QED) is 0.792. The number of hydrogen-bond donors (Lipinski definition) is 2. The van der Waals surface area contributed by atoms with Crippen molar-refractivity contribution < 1.29 is 14.7 Å². The normalized spacial score (nSPS) is 13.8. The van der Waals surface area contributed by atoms with Gasteiger partial charge in [0.25, 0.3) is 0 Å². The van der Waals surface area contributed by atoms with Crippen LogP contribution in [-0.4, -0.2) is 40.8 Å². The molecule has 0 aromatic heterocycles. The van der Waals surface area contributed by atoms with E-state index < -0.39 is 5.97 Å². The van der Waals surface area contributed by atoms with Gasteiger partial charge in [0.15, 0.2) is 0 Å². The first-order valence-corrected chi connectivity index (χ1v) is 7.76. The van der Waals surface area contributed by atoms with Gasteiger partial charge in [0.1, 0.15) is 0 Å². The fourth-order valence-corrected chi connectivity index (χ4v) is 2.41. The highest BCUT2D eigenvalue weighted by atomic mass is 32.2. The van der Waals surface area contributed by atoms with E-state index in [2.05, 4.69) is 5.32 Å². The molecule has 1 fully saturated rings. The molecule has 1 aliphatic carbocycles. The second kappa shape index (κ2) is 6.65. The summed E-state index contributed by atoms with van der Waals surface area (Å²) in [6.45, 7) is 0.258. The molecule has 0 radical (unpaired) electrons. The molecule has 1 aromatic carbocycles. The zero-order valence-corrected chi connectivity index (χ0v) is 12.2. The molecule has 1 aliphatic rings. The molecule has 2 N–H and O–H groups in total. The van der Waals surface area contributed by atoms with Crippen molar-refractivity contribution in [3.05, 3.63) is 24.3 Å². The Morgan fingerprint density at radius 3 is 2.80 bits per heavy atom. The van der Waals surface area contributed by atoms with E-state index in [9.17, 15) is 9.59 Å². The highest BCUT2D eigenvalue weighted by Gasteiger charge is 2.32. The van der Waals surface area contributed by atoms with Gasteiger partial charge in [-0.25, -0.2) is 4.79 Å². The van der Waals surface area contributed by atoms with Crippen molar-refractivity contribution in [3.63, 3.8) is 0 Å². The molecular formula is C14H18N2O3S. The lowest BCUT2D eigenvalue weighted by Crippen LogP contribution is -2.38. The summed E-state index contributed by atoms with van der Waals surface area (Å²) in [6, 6.07) is 7.58. The third kappa shape index (κ3) is 4.16. The van der Waals surface area contributed by atoms with E-state index in [1.807, 2.05) is 30.5 Å². The number of carboxylic acids is 1. The number of aliphatic carboxylic acids is 1. The summed E-state index contributed by atoms with van der Waals surface area (Å²) in [5.41, 5.74) is 0.739. The van der Waals surface area contributed by atoms with Gasteiger partial charge in [-0.15, -0.1) is 11.8 Å². The summed E-state index contributed by atoms with van der Waals surface area (Å²) >= 11 is 1.61. The molecule has 2 rings (SSSR count). The fourth-order valence-electron chi connectivity index (χ4n) is 1.95. The second-order valence-corrected chi connectivity index (χ2v) is 5.61. The number of hydrogen-bond acceptors (Lipinski definition) is 3. The number of rotatable bonds is 6. The number of carboxylic acid groups (broad SMARTS) is 1. The maximum Gasteiger partial charge on any atom is 0.322 e. The third-order valence-corrected chi connectivity index (χ3v) is 3.86. The van der Waals surface area contributed by atoms with Crippen LogP contribution in [0.2, 0.25) is 0 Å². The Kier molecular flexibility index (Phi) is 4.89. The molecule has 20 heavy (non-hydrogen) atoms. The van der Waals surface area contributed by atoms with Gasteiger partial charge in [0.05, 0.1) is 6.42 Å². The summed E-state index contributed by atoms with van der Waals surface area (Å²) in [6.07, 6.45) is 3.87. The van der Waals surface area contributed by atoms with Crippen molar-refractivity contribution in [2.45, 2.75) is 30.2 Å². The van der Waals surface area contributed by atoms with Gasteiger partial charge in [-0.1, -0.05) is 6.07 Å². The van der Waals surface area contributed by atoms with Crippen molar-refractivity contribution in [2.75, 3.05) is 18.1 Å². The van der Waals surface area contributed by atoms with Crippen LogP contribution in [0.3, 0.4) is 0 Å². The molecule has 108 valence electrons. The standard InChI is InChI=1S/C14H18N2O3S/c1-20-12-4-2-3-10(9-12)15-14(19)16(11-5-6-11)8-7-13(17)18/h2-4,9,11H,5-8H2,1H3,(H,15,19)(H,17,18). The molecule has 0 unspecified atom stereocenters. The topological polar surface area (TPSA) is 69.6 Å². The molecule has 5 nitrogen and oxygen atoms in total. The van der Waals surface area contributed by atoms with E-state index >= 15 is 0 Å². The number of anilines is 1. The summed E-state index contributed by atoms with van der Waals surface area (Å²) in [7, 11) is 0. The van der Waals surface area contributed by atoms with Crippen molar-refractivity contribution in [3.8, 4) is 0 Å². The largest absolute Gasteiger partial charge is 0.481 e. The smallest absolute Gasteiger partial charge is 0.322 e. The average Bonchev–Trinajstić information content (AvgIpc) is 3.23. The Morgan fingerprint density at radius 2 is 2.20 bits per heavy atom. The van der Waals surface area contributed by atoms with Crippen LogP contribution in [0, 0.1) is 0 Å². The molecule has 0 heterocycles. The van der Waals surface area contributed by atoms with Crippen LogP contribution in [0.4, 0.5) is 10.5 Å². The molecule has 0 atom stereocenters. The maximum absolute atomic E-state index is 12.2. The van der Waals surface area contributed by atoms with Crippen LogP contribution in [0.5, 0.6) is 0 Å². The van der Waals surface area contributed by atoms with Gasteiger partial charge in [0.2, 0.25) is 0 Å². The van der Waals surface area contributed by atoms with Crippen LogP contribution in [0.1, 0.15) is 19.3 Å². The number of benzene rings is 1. The Balaban J connectivity index is 1.98. The monoisotopic (exact) mass is 294 g/mol. The van der Waals surface area contributed by atoms with E-state index in [1.54, 1.807) is 16.7 Å². The van der Waals surface area contributed by atoms with Gasteiger partial charge in [-0.05, 0) is 37.3 Å². The van der Waals surface area contributed by atoms with E-state index in [0.717, 1.165) is 23.4 Å². The van der Waals surface area contributed by atoms with E-state index in [0.29, 0.717) is 0 Å². The van der Waals surface area contributed by atoms with Crippen LogP contribution in [-0.2, 0) is 4.79 Å². The highest BCUT2D eigenvalue weighted by Crippen LogP contribution is 2.28. The third-order valence-electron chi connectivity index (χ3n) is 3.14. The van der Waals surface area contributed by atoms with Crippen LogP contribution >= 0.6 is 11.8 Å². The summed E-state index contributed by atoms with van der Waals surface area (Å²) in [5.74, 6) is -0.882. The van der Waals surface area contributed by atoms with Gasteiger partial charge in [-0.3, -0.25) is 4.79 Å². The SMILES string of the molecule is CSc1cccc(NC(=O)N(CCC(=O)O)C2CC2)c1. The number of nitrogens with zero attached hydrogens (tertiary/aromatic N) is 1. The predicted molar refractivity (Wildman–Crippen MR) is 79.2 cm³/mol. The van der Waals surface area contributed by atoms with Gasteiger partial charge in [0, 0.05) is 23.2 Å². The lowest BCUT2D eigenvalue weighted by atomic mass is 10.3. The first kappa shape index (κ1) is 14.7.